The SMILES string of the molecule is CN(C)CCNC(=O)C1=C[C@]2(CC1)CCN(C(=O)c1ccc(NC(=O)c3ccccc3F)cc1)c1ccccc1C2. The number of allylic oxidation sites excluding steroid dienone is 1. The van der Waals surface area contributed by atoms with Crippen molar-refractivity contribution in [1.82, 2.24) is 10.2 Å². The van der Waals surface area contributed by atoms with Crippen molar-refractivity contribution in [1.29, 1.82) is 0 Å². The van der Waals surface area contributed by atoms with Gasteiger partial charge in [-0.1, -0.05) is 36.4 Å². The summed E-state index contributed by atoms with van der Waals surface area (Å²) >= 11 is 0. The summed E-state index contributed by atoms with van der Waals surface area (Å²) in [5.41, 5.74) is 3.52. The van der Waals surface area contributed by atoms with Crippen LogP contribution in [0.4, 0.5) is 15.8 Å². The second-order valence-electron chi connectivity index (χ2n) is 11.1. The molecule has 2 aliphatic rings. The Morgan fingerprint density at radius 1 is 0.927 bits per heavy atom. The Bertz CT molecular complexity index is 1480. The highest BCUT2D eigenvalue weighted by atomic mass is 19.1. The fourth-order valence-electron chi connectivity index (χ4n) is 5.67. The minimum absolute atomic E-state index is 0.00336. The number of likely N-dealkylation sites (N-methyl/N-ethyl adjacent to an activating group) is 1. The number of carbonyl (C=O) groups is 3. The first-order chi connectivity index (χ1) is 19.7. The van der Waals surface area contributed by atoms with E-state index in [4.69, 9.17) is 0 Å². The second kappa shape index (κ2) is 12.1. The molecule has 3 aromatic rings. The van der Waals surface area contributed by atoms with Crippen LogP contribution >= 0.6 is 0 Å². The van der Waals surface area contributed by atoms with E-state index in [2.05, 4.69) is 22.8 Å². The average molecular weight is 555 g/mol. The third-order valence-corrected chi connectivity index (χ3v) is 7.92. The van der Waals surface area contributed by atoms with E-state index in [9.17, 15) is 18.8 Å². The summed E-state index contributed by atoms with van der Waals surface area (Å²) in [4.78, 5) is 42.9. The van der Waals surface area contributed by atoms with Gasteiger partial charge in [0.15, 0.2) is 0 Å². The largest absolute Gasteiger partial charge is 0.351 e. The van der Waals surface area contributed by atoms with E-state index in [0.717, 1.165) is 49.1 Å². The monoisotopic (exact) mass is 554 g/mol. The van der Waals surface area contributed by atoms with Gasteiger partial charge < -0.3 is 20.4 Å². The summed E-state index contributed by atoms with van der Waals surface area (Å²) in [7, 11) is 3.96. The molecule has 1 aliphatic heterocycles. The van der Waals surface area contributed by atoms with Crippen molar-refractivity contribution in [2.45, 2.75) is 25.7 Å². The van der Waals surface area contributed by atoms with Crippen molar-refractivity contribution < 1.29 is 18.8 Å². The highest BCUT2D eigenvalue weighted by Crippen LogP contribution is 2.46. The van der Waals surface area contributed by atoms with Crippen LogP contribution in [0, 0.1) is 11.2 Å². The van der Waals surface area contributed by atoms with Crippen molar-refractivity contribution >= 4 is 29.1 Å². The van der Waals surface area contributed by atoms with Crippen molar-refractivity contribution in [2.75, 3.05) is 43.9 Å². The molecule has 0 aromatic heterocycles. The predicted octanol–water partition coefficient (Wildman–Crippen LogP) is 5.06. The van der Waals surface area contributed by atoms with Gasteiger partial charge >= 0.3 is 0 Å². The third-order valence-electron chi connectivity index (χ3n) is 7.92. The standard InChI is InChI=1S/C33H35FN4O3/c1-37(2)20-18-35-30(39)25-15-16-33(22-25)17-19-38(29-10-6-3-7-24(29)21-33)32(41)23-11-13-26(14-12-23)36-31(40)27-8-4-5-9-28(27)34/h3-14,22H,15-21H2,1-2H3,(H,35,39)(H,36,40)/t33-/m1/s1. The molecule has 8 heteroatoms. The highest BCUT2D eigenvalue weighted by Gasteiger charge is 2.39. The van der Waals surface area contributed by atoms with Gasteiger partial charge in [-0.25, -0.2) is 4.39 Å². The van der Waals surface area contributed by atoms with Crippen LogP contribution < -0.4 is 15.5 Å². The van der Waals surface area contributed by atoms with E-state index in [-0.39, 0.29) is 22.8 Å². The molecular formula is C33H35FN4O3. The molecule has 0 fully saturated rings. The first-order valence-corrected chi connectivity index (χ1v) is 14.0. The van der Waals surface area contributed by atoms with Crippen molar-refractivity contribution in [2.24, 2.45) is 5.41 Å². The van der Waals surface area contributed by atoms with Gasteiger partial charge in [-0.2, -0.15) is 0 Å². The summed E-state index contributed by atoms with van der Waals surface area (Å²) in [5, 5.41) is 5.72. The molecule has 0 saturated heterocycles. The number of nitrogens with one attached hydrogen (secondary N) is 2. The number of fused-ring (bicyclic) bond motifs is 1. The number of benzene rings is 3. The maximum absolute atomic E-state index is 14.0. The first-order valence-electron chi connectivity index (χ1n) is 14.0. The molecule has 212 valence electrons. The number of nitrogens with zero attached hydrogens (tertiary/aromatic N) is 2. The number of hydrogen-bond acceptors (Lipinski definition) is 4. The quantitative estimate of drug-likeness (QED) is 0.428. The van der Waals surface area contributed by atoms with Crippen LogP contribution in [0.25, 0.3) is 0 Å². The third kappa shape index (κ3) is 6.38. The number of anilines is 2. The van der Waals surface area contributed by atoms with E-state index in [0.29, 0.717) is 24.3 Å². The maximum atomic E-state index is 14.0. The Balaban J connectivity index is 1.31. The molecule has 41 heavy (non-hydrogen) atoms. The summed E-state index contributed by atoms with van der Waals surface area (Å²) in [6, 6.07) is 20.4. The number of rotatable bonds is 7. The Hall–Kier alpha value is -4.30. The van der Waals surface area contributed by atoms with Gasteiger partial charge in [0.05, 0.1) is 5.56 Å². The summed E-state index contributed by atoms with van der Waals surface area (Å²) < 4.78 is 14.0. The Morgan fingerprint density at radius 2 is 1.66 bits per heavy atom. The van der Waals surface area contributed by atoms with E-state index in [1.807, 2.05) is 42.1 Å². The lowest BCUT2D eigenvalue weighted by molar-refractivity contribution is -0.117. The average Bonchev–Trinajstić information content (AvgIpc) is 3.30. The number of hydrogen-bond donors (Lipinski definition) is 2. The number of halogens is 1. The van der Waals surface area contributed by atoms with Crippen LogP contribution in [0.5, 0.6) is 0 Å². The Labute approximate surface area is 240 Å². The van der Waals surface area contributed by atoms with E-state index in [1.54, 1.807) is 30.3 Å². The fraction of sp³-hybridized carbons (Fsp3) is 0.303. The molecule has 5 rings (SSSR count). The zero-order valence-corrected chi connectivity index (χ0v) is 23.5. The highest BCUT2D eigenvalue weighted by molar-refractivity contribution is 6.08. The van der Waals surface area contributed by atoms with Crippen LogP contribution in [0.1, 0.15) is 45.5 Å². The van der Waals surface area contributed by atoms with E-state index < -0.39 is 11.7 Å². The molecule has 7 nitrogen and oxygen atoms in total. The minimum atomic E-state index is -0.594. The molecule has 0 bridgehead atoms. The summed E-state index contributed by atoms with van der Waals surface area (Å²) in [6.45, 7) is 1.91. The normalized spacial score (nSPS) is 18.0. The molecule has 0 radical (unpaired) electrons. The van der Waals surface area contributed by atoms with Gasteiger partial charge in [0.25, 0.3) is 11.8 Å². The molecule has 0 saturated carbocycles. The second-order valence-corrected chi connectivity index (χ2v) is 11.1. The molecule has 3 amide bonds. The Kier molecular flexibility index (Phi) is 8.31. The number of para-hydroxylation sites is 1. The molecule has 1 aliphatic carbocycles. The fourth-order valence-corrected chi connectivity index (χ4v) is 5.67. The van der Waals surface area contributed by atoms with Gasteiger partial charge in [0, 0.05) is 42.1 Å². The molecular weight excluding hydrogens is 519 g/mol. The van der Waals surface area contributed by atoms with Gasteiger partial charge in [0.2, 0.25) is 5.91 Å². The van der Waals surface area contributed by atoms with Gasteiger partial charge in [-0.3, -0.25) is 14.4 Å². The van der Waals surface area contributed by atoms with Gasteiger partial charge in [0.1, 0.15) is 5.82 Å². The smallest absolute Gasteiger partial charge is 0.258 e. The zero-order chi connectivity index (χ0) is 29.0. The van der Waals surface area contributed by atoms with Crippen LogP contribution in [-0.2, 0) is 11.2 Å². The summed E-state index contributed by atoms with van der Waals surface area (Å²) in [5.74, 6) is -1.28. The van der Waals surface area contributed by atoms with Crippen LogP contribution in [-0.4, -0.2) is 56.4 Å². The van der Waals surface area contributed by atoms with E-state index >= 15 is 0 Å². The molecule has 0 unspecified atom stereocenters. The number of carbonyl (C=O) groups excluding carboxylic acids is 3. The molecule has 3 aromatic carbocycles. The summed E-state index contributed by atoms with van der Waals surface area (Å²) in [6.07, 6.45) is 5.26. The van der Waals surface area contributed by atoms with Gasteiger partial charge in [-0.15, -0.1) is 0 Å². The van der Waals surface area contributed by atoms with Crippen LogP contribution in [0.3, 0.4) is 0 Å². The lowest BCUT2D eigenvalue weighted by Crippen LogP contribution is -2.33. The topological polar surface area (TPSA) is 81.8 Å². The van der Waals surface area contributed by atoms with Gasteiger partial charge in [-0.05, 0) is 93.2 Å². The molecule has 1 atom stereocenters. The molecule has 1 heterocycles. The van der Waals surface area contributed by atoms with Crippen LogP contribution in [0.2, 0.25) is 0 Å². The first kappa shape index (κ1) is 28.2. The zero-order valence-electron chi connectivity index (χ0n) is 23.5. The molecule has 1 spiro atoms. The van der Waals surface area contributed by atoms with E-state index in [1.165, 1.54) is 18.2 Å². The van der Waals surface area contributed by atoms with Crippen molar-refractivity contribution in [3.63, 3.8) is 0 Å². The minimum Gasteiger partial charge on any atom is -0.351 e. The van der Waals surface area contributed by atoms with Crippen molar-refractivity contribution in [3.8, 4) is 0 Å². The Morgan fingerprint density at radius 3 is 2.41 bits per heavy atom. The predicted molar refractivity (Wildman–Crippen MR) is 159 cm³/mol. The molecule has 2 N–H and O–H groups in total. The lowest BCUT2D eigenvalue weighted by Gasteiger charge is -2.26. The maximum Gasteiger partial charge on any atom is 0.258 e. The number of amides is 3. The van der Waals surface area contributed by atoms with Crippen LogP contribution in [0.15, 0.2) is 84.4 Å². The van der Waals surface area contributed by atoms with Crippen molar-refractivity contribution in [3.05, 3.63) is 107 Å². The lowest BCUT2D eigenvalue weighted by atomic mass is 9.79.